The van der Waals surface area contributed by atoms with Crippen LogP contribution < -0.4 is 10.1 Å². The van der Waals surface area contributed by atoms with Crippen molar-refractivity contribution >= 4 is 17.8 Å². The molecule has 2 fully saturated rings. The molecule has 3 N–H and O–H groups in total. The molecule has 0 aromatic heterocycles. The average Bonchev–Trinajstić information content (AvgIpc) is 3.24. The number of hydrogen-bond donors (Lipinski definition) is 3. The number of phenols is 1. The molecule has 0 unspecified atom stereocenters. The number of hydrogen-bond acceptors (Lipinski definition) is 6. The average molecular weight is 453 g/mol. The van der Waals surface area contributed by atoms with Crippen LogP contribution in [0.5, 0.6) is 11.5 Å². The van der Waals surface area contributed by atoms with E-state index >= 15 is 0 Å². The number of aliphatic carboxylic acids is 1. The van der Waals surface area contributed by atoms with Crippen molar-refractivity contribution in [2.24, 2.45) is 17.8 Å². The van der Waals surface area contributed by atoms with Gasteiger partial charge in [-0.2, -0.15) is 0 Å². The smallest absolute Gasteiger partial charge is 0.324 e. The Labute approximate surface area is 192 Å². The third-order valence-corrected chi connectivity index (χ3v) is 6.61. The molecule has 2 heterocycles. The van der Waals surface area contributed by atoms with E-state index in [9.17, 15) is 24.6 Å². The highest BCUT2D eigenvalue weighted by atomic mass is 16.5. The number of carboxylic acids is 1. The molecule has 2 aromatic rings. The molecular formula is C25H28N2O6. The maximum atomic E-state index is 13.6. The third-order valence-electron chi connectivity index (χ3n) is 6.61. The van der Waals surface area contributed by atoms with E-state index in [2.05, 4.69) is 5.32 Å². The van der Waals surface area contributed by atoms with Crippen LogP contribution >= 0.6 is 0 Å². The fourth-order valence-corrected chi connectivity index (χ4v) is 5.28. The first-order valence-corrected chi connectivity index (χ1v) is 11.0. The summed E-state index contributed by atoms with van der Waals surface area (Å²) >= 11 is 0. The second-order valence-electron chi connectivity index (χ2n) is 9.17. The number of nitrogens with one attached hydrogen (secondary N) is 1. The fourth-order valence-electron chi connectivity index (χ4n) is 5.28. The van der Waals surface area contributed by atoms with Gasteiger partial charge in [0.25, 0.3) is 0 Å². The van der Waals surface area contributed by atoms with Crippen LogP contribution in [0.1, 0.15) is 37.4 Å². The summed E-state index contributed by atoms with van der Waals surface area (Å²) < 4.78 is 5.15. The molecule has 8 nitrogen and oxygen atoms in total. The predicted molar refractivity (Wildman–Crippen MR) is 119 cm³/mol. The lowest BCUT2D eigenvalue weighted by atomic mass is 9.75. The van der Waals surface area contributed by atoms with Gasteiger partial charge in [-0.15, -0.1) is 0 Å². The van der Waals surface area contributed by atoms with Gasteiger partial charge in [-0.1, -0.05) is 50.2 Å². The summed E-state index contributed by atoms with van der Waals surface area (Å²) in [6.07, 6.45) is 0.162. The number of amides is 2. The number of likely N-dealkylation sites (tertiary alicyclic amines) is 1. The van der Waals surface area contributed by atoms with E-state index in [-0.39, 0.29) is 24.6 Å². The number of phenolic OH excluding ortho intramolecular Hbond substituents is 1. The molecule has 2 saturated heterocycles. The number of rotatable bonds is 7. The summed E-state index contributed by atoms with van der Waals surface area (Å²) in [6, 6.07) is 12.9. The lowest BCUT2D eigenvalue weighted by Crippen LogP contribution is -2.56. The highest BCUT2D eigenvalue weighted by Gasteiger charge is 2.68. The van der Waals surface area contributed by atoms with Gasteiger partial charge in [0.05, 0.1) is 25.5 Å². The minimum absolute atomic E-state index is 0.0523. The van der Waals surface area contributed by atoms with Crippen LogP contribution in [-0.2, 0) is 20.9 Å². The van der Waals surface area contributed by atoms with E-state index in [1.54, 1.807) is 12.1 Å². The van der Waals surface area contributed by atoms with Crippen LogP contribution in [0.15, 0.2) is 48.5 Å². The zero-order valence-electron chi connectivity index (χ0n) is 18.8. The molecule has 0 saturated carbocycles. The Balaban J connectivity index is 1.81. The summed E-state index contributed by atoms with van der Waals surface area (Å²) in [6.45, 7) is 3.83. The van der Waals surface area contributed by atoms with Gasteiger partial charge in [0, 0.05) is 17.7 Å². The maximum Gasteiger partial charge on any atom is 0.324 e. The Bertz CT molecular complexity index is 1090. The molecule has 0 radical (unpaired) electrons. The number of methoxy groups -OCH3 is 1. The molecular weight excluding hydrogens is 424 g/mol. The molecule has 174 valence electrons. The minimum atomic E-state index is -1.63. The standard InChI is InChI=1S/C25H28N2O6/c1-14(2)12-25(24(31)32)20-19(21(26-25)17-10-9-16(33-3)11-18(17)28)22(29)27(23(20)30)13-15-7-5-4-6-8-15/h4-11,14,19-21,26,28H,12-13H2,1-3H3,(H,31,32)/t19-,20-,21+,25+/m1/s1. The number of fused-ring (bicyclic) bond motifs is 1. The second kappa shape index (κ2) is 8.51. The Morgan fingerprint density at radius 1 is 1.15 bits per heavy atom. The second-order valence-corrected chi connectivity index (χ2v) is 9.17. The molecule has 2 amide bonds. The third kappa shape index (κ3) is 3.74. The van der Waals surface area contributed by atoms with Crippen LogP contribution in [0, 0.1) is 17.8 Å². The number of ether oxygens (including phenoxy) is 1. The number of carbonyl (C=O) groups excluding carboxylic acids is 2. The Morgan fingerprint density at radius 3 is 2.42 bits per heavy atom. The molecule has 0 aliphatic carbocycles. The highest BCUT2D eigenvalue weighted by molar-refractivity contribution is 6.09. The monoisotopic (exact) mass is 452 g/mol. The topological polar surface area (TPSA) is 116 Å². The Kier molecular flexibility index (Phi) is 5.88. The number of aromatic hydroxyl groups is 1. The normalized spacial score (nSPS) is 26.7. The van der Waals surface area contributed by atoms with Crippen LogP contribution in [0.4, 0.5) is 0 Å². The first kappa shape index (κ1) is 22.8. The van der Waals surface area contributed by atoms with Gasteiger partial charge < -0.3 is 14.9 Å². The number of carboxylic acid groups (broad SMARTS) is 1. The number of nitrogens with zero attached hydrogens (tertiary/aromatic N) is 1. The van der Waals surface area contributed by atoms with Gasteiger partial charge in [0.1, 0.15) is 17.0 Å². The quantitative estimate of drug-likeness (QED) is 0.553. The lowest BCUT2D eigenvalue weighted by molar-refractivity contribution is -0.152. The summed E-state index contributed by atoms with van der Waals surface area (Å²) in [4.78, 5) is 41.0. The number of carbonyl (C=O) groups is 3. The molecule has 2 aliphatic rings. The molecule has 2 aromatic carbocycles. The van der Waals surface area contributed by atoms with E-state index in [1.807, 2.05) is 44.2 Å². The van der Waals surface area contributed by atoms with Crippen LogP contribution in [-0.4, -0.2) is 45.5 Å². The largest absolute Gasteiger partial charge is 0.507 e. The van der Waals surface area contributed by atoms with E-state index < -0.39 is 41.2 Å². The SMILES string of the molecule is COc1ccc([C@@H]2N[C@](CC(C)C)(C(=O)O)[C@H]3C(=O)N(Cc4ccccc4)C(=O)[C@@H]23)c(O)c1. The van der Waals surface area contributed by atoms with Gasteiger partial charge in [0.15, 0.2) is 0 Å². The van der Waals surface area contributed by atoms with Gasteiger partial charge >= 0.3 is 5.97 Å². The van der Waals surface area contributed by atoms with E-state index in [0.717, 1.165) is 10.5 Å². The van der Waals surface area contributed by atoms with Gasteiger partial charge in [-0.3, -0.25) is 24.6 Å². The van der Waals surface area contributed by atoms with Crippen molar-refractivity contribution in [2.45, 2.75) is 38.4 Å². The fraction of sp³-hybridized carbons (Fsp3) is 0.400. The van der Waals surface area contributed by atoms with Crippen molar-refractivity contribution < 1.29 is 29.3 Å². The van der Waals surface area contributed by atoms with Gasteiger partial charge in [-0.05, 0) is 24.0 Å². The van der Waals surface area contributed by atoms with Crippen molar-refractivity contribution in [2.75, 3.05) is 7.11 Å². The molecule has 2 aliphatic heterocycles. The Hall–Kier alpha value is -3.39. The zero-order chi connectivity index (χ0) is 23.9. The highest BCUT2D eigenvalue weighted by Crippen LogP contribution is 2.52. The van der Waals surface area contributed by atoms with Crippen molar-refractivity contribution in [3.63, 3.8) is 0 Å². The minimum Gasteiger partial charge on any atom is -0.507 e. The van der Waals surface area contributed by atoms with Gasteiger partial charge in [-0.25, -0.2) is 0 Å². The molecule has 8 heteroatoms. The summed E-state index contributed by atoms with van der Waals surface area (Å²) in [5.74, 6) is -3.90. The van der Waals surface area contributed by atoms with E-state index in [4.69, 9.17) is 4.74 Å². The maximum absolute atomic E-state index is 13.6. The number of imide groups is 1. The molecule has 33 heavy (non-hydrogen) atoms. The summed E-state index contributed by atoms with van der Waals surface area (Å²) in [5.41, 5.74) is -0.491. The van der Waals surface area contributed by atoms with Crippen LogP contribution in [0.3, 0.4) is 0 Å². The lowest BCUT2D eigenvalue weighted by Gasteiger charge is -2.32. The Morgan fingerprint density at radius 2 is 1.85 bits per heavy atom. The van der Waals surface area contributed by atoms with Crippen molar-refractivity contribution in [1.29, 1.82) is 0 Å². The zero-order valence-corrected chi connectivity index (χ0v) is 18.8. The van der Waals surface area contributed by atoms with E-state index in [0.29, 0.717) is 11.3 Å². The molecule has 0 spiro atoms. The molecule has 4 rings (SSSR count). The summed E-state index contributed by atoms with van der Waals surface area (Å²) in [7, 11) is 1.47. The molecule has 4 atom stereocenters. The number of benzene rings is 2. The first-order valence-electron chi connectivity index (χ1n) is 11.0. The summed E-state index contributed by atoms with van der Waals surface area (Å²) in [5, 5.41) is 24.1. The predicted octanol–water partition coefficient (Wildman–Crippen LogP) is 2.72. The van der Waals surface area contributed by atoms with Crippen LogP contribution in [0.25, 0.3) is 0 Å². The van der Waals surface area contributed by atoms with E-state index in [1.165, 1.54) is 13.2 Å². The van der Waals surface area contributed by atoms with Crippen LogP contribution in [0.2, 0.25) is 0 Å². The first-order chi connectivity index (χ1) is 15.7. The molecule has 0 bridgehead atoms. The van der Waals surface area contributed by atoms with Gasteiger partial charge in [0.2, 0.25) is 11.8 Å². The van der Waals surface area contributed by atoms with Crippen molar-refractivity contribution in [3.8, 4) is 11.5 Å². The van der Waals surface area contributed by atoms with Crippen molar-refractivity contribution in [1.82, 2.24) is 10.2 Å². The van der Waals surface area contributed by atoms with Crippen molar-refractivity contribution in [3.05, 3.63) is 59.7 Å².